The first-order chi connectivity index (χ1) is 20.8. The monoisotopic (exact) mass is 589 g/mol. The van der Waals surface area contributed by atoms with Crippen LogP contribution in [0.25, 0.3) is 0 Å². The molecule has 0 fully saturated rings. The third kappa shape index (κ3) is 23.8. The van der Waals surface area contributed by atoms with E-state index in [1.54, 1.807) is 0 Å². The Bertz CT molecular complexity index is 544. The van der Waals surface area contributed by atoms with Crippen molar-refractivity contribution in [3.8, 4) is 0 Å². The maximum atomic E-state index is 2.72. The summed E-state index contributed by atoms with van der Waals surface area (Å²) < 4.78 is 0. The topological polar surface area (TPSA) is 6.48 Å². The molecule has 1 rings (SSSR count). The molecule has 1 atom stereocenters. The summed E-state index contributed by atoms with van der Waals surface area (Å²) >= 11 is 0. The van der Waals surface area contributed by atoms with Crippen LogP contribution in [-0.4, -0.2) is 29.1 Å². The van der Waals surface area contributed by atoms with E-state index in [1.165, 1.54) is 219 Å². The van der Waals surface area contributed by atoms with Crippen LogP contribution in [0.15, 0.2) is 12.4 Å². The molecule has 0 aliphatic carbocycles. The van der Waals surface area contributed by atoms with E-state index in [1.807, 2.05) is 0 Å². The second-order valence-electron chi connectivity index (χ2n) is 13.9. The molecule has 0 bridgehead atoms. The molecule has 0 saturated carbocycles. The van der Waals surface area contributed by atoms with E-state index in [2.05, 4.69) is 43.0 Å². The summed E-state index contributed by atoms with van der Waals surface area (Å²) in [5.41, 5.74) is 0. The van der Waals surface area contributed by atoms with Crippen molar-refractivity contribution in [1.29, 1.82) is 0 Å². The Hall–Kier alpha value is -0.660. The highest BCUT2D eigenvalue weighted by molar-refractivity contribution is 4.97. The van der Waals surface area contributed by atoms with Crippen LogP contribution in [0.3, 0.4) is 0 Å². The first kappa shape index (κ1) is 39.4. The molecule has 1 aliphatic rings. The highest BCUT2D eigenvalue weighted by Gasteiger charge is 2.24. The van der Waals surface area contributed by atoms with Crippen molar-refractivity contribution in [1.82, 2.24) is 9.80 Å². The molecule has 1 heterocycles. The summed E-state index contributed by atoms with van der Waals surface area (Å²) in [5, 5.41) is 0. The zero-order valence-corrected chi connectivity index (χ0v) is 29.7. The van der Waals surface area contributed by atoms with Crippen LogP contribution in [0.4, 0.5) is 0 Å². The van der Waals surface area contributed by atoms with Gasteiger partial charge < -0.3 is 9.80 Å². The average Bonchev–Trinajstić information content (AvgIpc) is 3.38. The minimum absolute atomic E-state index is 0.640. The zero-order valence-electron chi connectivity index (χ0n) is 29.7. The number of hydrogen-bond acceptors (Lipinski definition) is 2. The van der Waals surface area contributed by atoms with E-state index < -0.39 is 0 Å². The van der Waals surface area contributed by atoms with Gasteiger partial charge in [-0.3, -0.25) is 0 Å². The lowest BCUT2D eigenvalue weighted by atomic mass is 10.0. The summed E-state index contributed by atoms with van der Waals surface area (Å²) in [6.07, 6.45) is 51.4. The van der Waals surface area contributed by atoms with Gasteiger partial charge in [0.15, 0.2) is 0 Å². The maximum Gasteiger partial charge on any atom is 0.101 e. The van der Waals surface area contributed by atoms with Crippen LogP contribution in [-0.2, 0) is 0 Å². The second kappa shape index (κ2) is 31.8. The zero-order chi connectivity index (χ0) is 30.2. The van der Waals surface area contributed by atoms with Gasteiger partial charge in [0, 0.05) is 25.5 Å². The summed E-state index contributed by atoms with van der Waals surface area (Å²) in [7, 11) is 0. The van der Waals surface area contributed by atoms with E-state index in [0.29, 0.717) is 6.17 Å². The summed E-state index contributed by atoms with van der Waals surface area (Å²) in [6.45, 7) is 9.48. The second-order valence-corrected chi connectivity index (χ2v) is 13.9. The van der Waals surface area contributed by atoms with Gasteiger partial charge in [0.1, 0.15) is 6.17 Å². The van der Waals surface area contributed by atoms with Crippen LogP contribution < -0.4 is 0 Å². The number of hydrogen-bond donors (Lipinski definition) is 0. The third-order valence-electron chi connectivity index (χ3n) is 9.82. The molecule has 0 saturated heterocycles. The van der Waals surface area contributed by atoms with Gasteiger partial charge in [-0.2, -0.15) is 0 Å². The molecule has 0 aromatic heterocycles. The minimum Gasteiger partial charge on any atom is -0.356 e. The molecule has 0 radical (unpaired) electrons. The first-order valence-electron chi connectivity index (χ1n) is 20.0. The van der Waals surface area contributed by atoms with E-state index in [4.69, 9.17) is 0 Å². The van der Waals surface area contributed by atoms with Gasteiger partial charge in [-0.25, -0.2) is 0 Å². The molecule has 1 unspecified atom stereocenters. The summed E-state index contributed by atoms with van der Waals surface area (Å²) in [5.74, 6) is 0. The van der Waals surface area contributed by atoms with E-state index in [0.717, 1.165) is 0 Å². The van der Waals surface area contributed by atoms with Crippen LogP contribution in [0.1, 0.15) is 226 Å². The fraction of sp³-hybridized carbons (Fsp3) is 0.950. The van der Waals surface area contributed by atoms with Gasteiger partial charge in [-0.1, -0.05) is 201 Å². The lowest BCUT2D eigenvalue weighted by molar-refractivity contribution is 0.135. The van der Waals surface area contributed by atoms with Crippen LogP contribution >= 0.6 is 0 Å². The standard InChI is InChI=1S/C40H80N2/c1-4-7-10-13-16-18-20-21-22-23-25-27-29-32-35-40-41(36-33-30-15-12-9-6-3)38-39-42(40)37-34-31-28-26-24-19-17-14-11-8-5-2/h38-40H,4-37H2,1-3H3. The van der Waals surface area contributed by atoms with Crippen molar-refractivity contribution in [2.24, 2.45) is 0 Å². The number of unbranched alkanes of at least 4 members (excludes halogenated alkanes) is 28. The molecule has 0 N–H and O–H groups in total. The molecule has 250 valence electrons. The smallest absolute Gasteiger partial charge is 0.101 e. The van der Waals surface area contributed by atoms with Crippen molar-refractivity contribution < 1.29 is 0 Å². The highest BCUT2D eigenvalue weighted by atomic mass is 15.4. The van der Waals surface area contributed by atoms with Crippen molar-refractivity contribution in [2.75, 3.05) is 13.1 Å². The predicted molar refractivity (Wildman–Crippen MR) is 191 cm³/mol. The quantitative estimate of drug-likeness (QED) is 0.0690. The van der Waals surface area contributed by atoms with Crippen LogP contribution in [0, 0.1) is 0 Å². The first-order valence-corrected chi connectivity index (χ1v) is 20.0. The van der Waals surface area contributed by atoms with Gasteiger partial charge in [-0.15, -0.1) is 0 Å². The van der Waals surface area contributed by atoms with E-state index in [-0.39, 0.29) is 0 Å². The molecule has 0 amide bonds. The van der Waals surface area contributed by atoms with Crippen LogP contribution in [0.2, 0.25) is 0 Å². The largest absolute Gasteiger partial charge is 0.356 e. The van der Waals surface area contributed by atoms with Gasteiger partial charge in [0.2, 0.25) is 0 Å². The van der Waals surface area contributed by atoms with Gasteiger partial charge in [-0.05, 0) is 25.7 Å². The van der Waals surface area contributed by atoms with Crippen molar-refractivity contribution in [3.05, 3.63) is 12.4 Å². The molecule has 1 aliphatic heterocycles. The van der Waals surface area contributed by atoms with Crippen LogP contribution in [0.5, 0.6) is 0 Å². The molecular formula is C40H80N2. The summed E-state index contributed by atoms with van der Waals surface area (Å²) in [4.78, 5) is 5.42. The predicted octanol–water partition coefficient (Wildman–Crippen LogP) is 13.9. The molecule has 0 aromatic rings. The van der Waals surface area contributed by atoms with Crippen molar-refractivity contribution in [2.45, 2.75) is 232 Å². The van der Waals surface area contributed by atoms with Gasteiger partial charge in [0.05, 0.1) is 0 Å². The Labute approximate surface area is 267 Å². The molecule has 0 spiro atoms. The van der Waals surface area contributed by atoms with Crippen molar-refractivity contribution >= 4 is 0 Å². The van der Waals surface area contributed by atoms with E-state index in [9.17, 15) is 0 Å². The number of nitrogens with zero attached hydrogens (tertiary/aromatic N) is 2. The Kier molecular flexibility index (Phi) is 29.8. The Balaban J connectivity index is 2.18. The summed E-state index contributed by atoms with van der Waals surface area (Å²) in [6, 6.07) is 0. The van der Waals surface area contributed by atoms with Crippen molar-refractivity contribution in [3.63, 3.8) is 0 Å². The third-order valence-corrected chi connectivity index (χ3v) is 9.82. The molecule has 2 nitrogen and oxygen atoms in total. The highest BCUT2D eigenvalue weighted by Crippen LogP contribution is 2.24. The molecular weight excluding hydrogens is 508 g/mol. The minimum atomic E-state index is 0.640. The van der Waals surface area contributed by atoms with Gasteiger partial charge >= 0.3 is 0 Å². The fourth-order valence-electron chi connectivity index (χ4n) is 6.89. The lowest BCUT2D eigenvalue weighted by Gasteiger charge is -2.33. The Morgan fingerprint density at radius 3 is 0.833 bits per heavy atom. The normalized spacial score (nSPS) is 15.0. The Morgan fingerprint density at radius 1 is 0.310 bits per heavy atom. The Morgan fingerprint density at radius 2 is 0.548 bits per heavy atom. The molecule has 2 heteroatoms. The fourth-order valence-corrected chi connectivity index (χ4v) is 6.89. The maximum absolute atomic E-state index is 2.72. The number of rotatable bonds is 34. The lowest BCUT2D eigenvalue weighted by Crippen LogP contribution is -2.39. The average molecular weight is 589 g/mol. The molecule has 0 aromatic carbocycles. The van der Waals surface area contributed by atoms with Gasteiger partial charge in [0.25, 0.3) is 0 Å². The van der Waals surface area contributed by atoms with E-state index >= 15 is 0 Å². The molecule has 42 heavy (non-hydrogen) atoms. The SMILES string of the molecule is CCCCCCCCCCCCCCCCC1N(CCCCCCCC)C=CN1CCCCCCCCCCCCC.